The smallest absolute Gasteiger partial charge is 0.302 e. The van der Waals surface area contributed by atoms with E-state index in [9.17, 15) is 9.90 Å². The zero-order chi connectivity index (χ0) is 14.8. The van der Waals surface area contributed by atoms with E-state index in [1.165, 1.54) is 6.92 Å². The number of rotatable bonds is 1. The Hall–Kier alpha value is -0.570. The second kappa shape index (κ2) is 4.22. The van der Waals surface area contributed by atoms with Crippen molar-refractivity contribution >= 4 is 5.97 Å². The topological polar surface area (TPSA) is 46.5 Å². The van der Waals surface area contributed by atoms with Gasteiger partial charge in [-0.25, -0.2) is 0 Å². The van der Waals surface area contributed by atoms with Crippen molar-refractivity contribution in [3.63, 3.8) is 0 Å². The fourth-order valence-corrected chi connectivity index (χ4v) is 5.48. The highest BCUT2D eigenvalue weighted by molar-refractivity contribution is 5.66. The summed E-state index contributed by atoms with van der Waals surface area (Å²) in [6.07, 6.45) is 5.76. The molecule has 3 aliphatic carbocycles. The molecule has 20 heavy (non-hydrogen) atoms. The van der Waals surface area contributed by atoms with E-state index in [2.05, 4.69) is 20.8 Å². The van der Waals surface area contributed by atoms with Crippen LogP contribution in [0.15, 0.2) is 0 Å². The molecule has 3 fully saturated rings. The molecule has 5 atom stereocenters. The summed E-state index contributed by atoms with van der Waals surface area (Å²) in [5.41, 5.74) is -0.209. The number of esters is 1. The molecule has 0 heterocycles. The van der Waals surface area contributed by atoms with Crippen molar-refractivity contribution in [2.45, 2.75) is 77.9 Å². The molecule has 1 N–H and O–H groups in total. The first kappa shape index (κ1) is 14.4. The van der Waals surface area contributed by atoms with Crippen LogP contribution >= 0.6 is 0 Å². The van der Waals surface area contributed by atoms with Crippen LogP contribution in [0.25, 0.3) is 0 Å². The summed E-state index contributed by atoms with van der Waals surface area (Å²) in [5.74, 6) is 0.900. The van der Waals surface area contributed by atoms with Crippen molar-refractivity contribution in [3.8, 4) is 0 Å². The van der Waals surface area contributed by atoms with Crippen molar-refractivity contribution in [1.29, 1.82) is 0 Å². The van der Waals surface area contributed by atoms with Gasteiger partial charge in [-0.1, -0.05) is 20.8 Å². The lowest BCUT2D eigenvalue weighted by molar-refractivity contribution is -0.188. The SMILES string of the molecule is CC(=O)OC1CCC2(O)CC1(C)CCC1C2CC1(C)C. The van der Waals surface area contributed by atoms with Crippen molar-refractivity contribution in [1.82, 2.24) is 0 Å². The number of hydrogen-bond acceptors (Lipinski definition) is 3. The molecule has 0 aromatic rings. The van der Waals surface area contributed by atoms with Gasteiger partial charge in [-0.2, -0.15) is 0 Å². The number of ether oxygens (including phenoxy) is 1. The lowest BCUT2D eigenvalue weighted by Gasteiger charge is -2.58. The number of aliphatic hydroxyl groups is 1. The molecule has 3 rings (SSSR count). The fraction of sp³-hybridized carbons (Fsp3) is 0.941. The van der Waals surface area contributed by atoms with E-state index in [-0.39, 0.29) is 17.5 Å². The van der Waals surface area contributed by atoms with E-state index in [0.717, 1.165) is 38.5 Å². The van der Waals surface area contributed by atoms with E-state index in [4.69, 9.17) is 4.74 Å². The summed E-state index contributed by atoms with van der Waals surface area (Å²) in [5, 5.41) is 11.2. The molecule has 0 spiro atoms. The number of fused-ring (bicyclic) bond motifs is 4. The molecule has 5 unspecified atom stereocenters. The molecule has 0 radical (unpaired) electrons. The Bertz CT molecular complexity index is 430. The van der Waals surface area contributed by atoms with Crippen LogP contribution in [-0.4, -0.2) is 22.8 Å². The lowest BCUT2D eigenvalue weighted by atomic mass is 9.49. The van der Waals surface area contributed by atoms with Crippen LogP contribution in [0, 0.1) is 22.7 Å². The minimum absolute atomic E-state index is 0.0131. The number of hydrogen-bond donors (Lipinski definition) is 1. The summed E-state index contributed by atoms with van der Waals surface area (Å²) in [4.78, 5) is 11.3. The Kier molecular flexibility index (Phi) is 3.03. The van der Waals surface area contributed by atoms with E-state index < -0.39 is 5.60 Å². The van der Waals surface area contributed by atoms with Gasteiger partial charge in [0, 0.05) is 12.3 Å². The Labute approximate surface area is 122 Å². The average molecular weight is 280 g/mol. The first-order valence-electron chi connectivity index (χ1n) is 8.06. The zero-order valence-corrected chi connectivity index (χ0v) is 13.2. The Morgan fingerprint density at radius 1 is 1.15 bits per heavy atom. The molecule has 3 aliphatic rings. The van der Waals surface area contributed by atoms with Gasteiger partial charge in [0.15, 0.2) is 0 Å². The second-order valence-electron chi connectivity index (χ2n) is 8.52. The molecule has 2 bridgehead atoms. The monoisotopic (exact) mass is 280 g/mol. The van der Waals surface area contributed by atoms with Gasteiger partial charge in [-0.15, -0.1) is 0 Å². The van der Waals surface area contributed by atoms with Crippen molar-refractivity contribution in [2.24, 2.45) is 22.7 Å². The molecule has 3 saturated carbocycles. The van der Waals surface area contributed by atoms with E-state index in [1.54, 1.807) is 0 Å². The van der Waals surface area contributed by atoms with E-state index >= 15 is 0 Å². The normalized spacial score (nSPS) is 49.5. The zero-order valence-electron chi connectivity index (χ0n) is 13.2. The standard InChI is InChI=1S/C17H28O3/c1-11(18)20-14-6-8-17(19)10-16(14,4)7-5-12-13(17)9-15(12,2)3/h12-14,19H,5-10H2,1-4H3. The van der Waals surface area contributed by atoms with Crippen LogP contribution in [0.2, 0.25) is 0 Å². The van der Waals surface area contributed by atoms with Crippen molar-refractivity contribution in [2.75, 3.05) is 0 Å². The highest BCUT2D eigenvalue weighted by Crippen LogP contribution is 2.64. The molecular weight excluding hydrogens is 252 g/mol. The van der Waals surface area contributed by atoms with Gasteiger partial charge >= 0.3 is 5.97 Å². The first-order chi connectivity index (χ1) is 9.16. The number of carbonyl (C=O) groups is 1. The third-order valence-electron chi connectivity index (χ3n) is 6.59. The third kappa shape index (κ3) is 2.01. The average Bonchev–Trinajstić information content (AvgIpc) is 2.37. The van der Waals surface area contributed by atoms with E-state index in [0.29, 0.717) is 17.3 Å². The first-order valence-corrected chi connectivity index (χ1v) is 8.06. The molecule has 3 heteroatoms. The molecule has 3 nitrogen and oxygen atoms in total. The molecule has 114 valence electrons. The van der Waals surface area contributed by atoms with Gasteiger partial charge in [0.25, 0.3) is 0 Å². The fourth-order valence-electron chi connectivity index (χ4n) is 5.48. The summed E-state index contributed by atoms with van der Waals surface area (Å²) >= 11 is 0. The Morgan fingerprint density at radius 3 is 2.45 bits per heavy atom. The van der Waals surface area contributed by atoms with Crippen LogP contribution in [0.4, 0.5) is 0 Å². The molecule has 0 aliphatic heterocycles. The predicted molar refractivity (Wildman–Crippen MR) is 77.1 cm³/mol. The van der Waals surface area contributed by atoms with Gasteiger partial charge in [0.05, 0.1) is 5.60 Å². The third-order valence-corrected chi connectivity index (χ3v) is 6.59. The Morgan fingerprint density at radius 2 is 1.85 bits per heavy atom. The van der Waals surface area contributed by atoms with Gasteiger partial charge in [-0.05, 0) is 55.8 Å². The molecule has 0 aromatic carbocycles. The van der Waals surface area contributed by atoms with Gasteiger partial charge in [0.2, 0.25) is 0 Å². The maximum absolute atomic E-state index is 11.3. The largest absolute Gasteiger partial charge is 0.462 e. The maximum Gasteiger partial charge on any atom is 0.302 e. The molecule has 0 aromatic heterocycles. The Balaban J connectivity index is 1.87. The van der Waals surface area contributed by atoms with Crippen LogP contribution in [0.3, 0.4) is 0 Å². The minimum atomic E-state index is -0.526. The second-order valence-corrected chi connectivity index (χ2v) is 8.52. The summed E-state index contributed by atoms with van der Waals surface area (Å²) < 4.78 is 5.57. The van der Waals surface area contributed by atoms with Crippen LogP contribution < -0.4 is 0 Å². The van der Waals surface area contributed by atoms with Crippen LogP contribution in [0.5, 0.6) is 0 Å². The summed E-state index contributed by atoms with van der Waals surface area (Å²) in [6, 6.07) is 0. The van der Waals surface area contributed by atoms with Crippen LogP contribution in [0.1, 0.15) is 66.2 Å². The summed E-state index contributed by atoms with van der Waals surface area (Å²) in [6.45, 7) is 8.37. The summed E-state index contributed by atoms with van der Waals surface area (Å²) in [7, 11) is 0. The van der Waals surface area contributed by atoms with Crippen LogP contribution in [-0.2, 0) is 9.53 Å². The van der Waals surface area contributed by atoms with Crippen molar-refractivity contribution < 1.29 is 14.6 Å². The minimum Gasteiger partial charge on any atom is -0.462 e. The van der Waals surface area contributed by atoms with Gasteiger partial charge < -0.3 is 9.84 Å². The predicted octanol–water partition coefficient (Wildman–Crippen LogP) is 3.30. The van der Waals surface area contributed by atoms with Gasteiger partial charge in [-0.3, -0.25) is 4.79 Å². The maximum atomic E-state index is 11.3. The molecular formula is C17H28O3. The number of carbonyl (C=O) groups excluding carboxylic acids is 1. The molecule has 0 saturated heterocycles. The lowest BCUT2D eigenvalue weighted by Crippen LogP contribution is -2.58. The molecule has 0 amide bonds. The van der Waals surface area contributed by atoms with Gasteiger partial charge in [0.1, 0.15) is 6.10 Å². The quantitative estimate of drug-likeness (QED) is 0.750. The van der Waals surface area contributed by atoms with Crippen molar-refractivity contribution in [3.05, 3.63) is 0 Å². The highest BCUT2D eigenvalue weighted by Gasteiger charge is 2.62. The highest BCUT2D eigenvalue weighted by atomic mass is 16.5. The van der Waals surface area contributed by atoms with E-state index in [1.807, 2.05) is 0 Å².